The molecule has 76 valence electrons. The number of rotatable bonds is 5. The van der Waals surface area contributed by atoms with Crippen molar-refractivity contribution in [3.05, 3.63) is 0 Å². The predicted molar refractivity (Wildman–Crippen MR) is 48.2 cm³/mol. The molecule has 0 atom stereocenters. The fraction of sp³-hybridized carbons (Fsp3) is 0.750. The summed E-state index contributed by atoms with van der Waals surface area (Å²) in [7, 11) is 5.05. The Morgan fingerprint density at radius 2 is 2.00 bits per heavy atom. The lowest BCUT2D eigenvalue weighted by Crippen LogP contribution is -2.32. The molecule has 0 aliphatic carbocycles. The highest BCUT2D eigenvalue weighted by molar-refractivity contribution is 5.81. The van der Waals surface area contributed by atoms with E-state index < -0.39 is 5.97 Å². The Balaban J connectivity index is 3.46. The van der Waals surface area contributed by atoms with Gasteiger partial charge in [0.1, 0.15) is 6.54 Å². The van der Waals surface area contributed by atoms with Gasteiger partial charge in [0.25, 0.3) is 0 Å². The number of nitrogens with zero attached hydrogens (tertiary/aromatic N) is 1. The van der Waals surface area contributed by atoms with Gasteiger partial charge in [-0.05, 0) is 14.1 Å². The van der Waals surface area contributed by atoms with E-state index in [4.69, 9.17) is 0 Å². The zero-order valence-electron chi connectivity index (χ0n) is 8.29. The van der Waals surface area contributed by atoms with Gasteiger partial charge in [0.05, 0.1) is 7.11 Å². The number of methoxy groups -OCH3 is 1. The summed E-state index contributed by atoms with van der Waals surface area (Å²) in [4.78, 5) is 23.5. The third kappa shape index (κ3) is 7.27. The number of esters is 1. The molecule has 0 radical (unpaired) electrons. The average Bonchev–Trinajstić information content (AvgIpc) is 2.10. The van der Waals surface area contributed by atoms with E-state index in [1.807, 2.05) is 19.0 Å². The molecular weight excluding hydrogens is 172 g/mol. The van der Waals surface area contributed by atoms with E-state index >= 15 is 0 Å². The number of carbonyl (C=O) groups is 2. The maximum absolute atomic E-state index is 11.0. The number of hydrogen-bond donors (Lipinski definition) is 1. The molecule has 0 aromatic rings. The van der Waals surface area contributed by atoms with Crippen molar-refractivity contribution in [1.82, 2.24) is 10.2 Å². The van der Waals surface area contributed by atoms with Crippen LogP contribution in [0.2, 0.25) is 0 Å². The molecule has 0 aromatic heterocycles. The van der Waals surface area contributed by atoms with Crippen molar-refractivity contribution >= 4 is 11.9 Å². The van der Waals surface area contributed by atoms with Crippen LogP contribution in [0.1, 0.15) is 6.42 Å². The molecule has 0 aromatic carbocycles. The van der Waals surface area contributed by atoms with E-state index in [-0.39, 0.29) is 12.5 Å². The van der Waals surface area contributed by atoms with Crippen LogP contribution >= 0.6 is 0 Å². The molecule has 0 rings (SSSR count). The van der Waals surface area contributed by atoms with Gasteiger partial charge in [0.2, 0.25) is 5.91 Å². The zero-order valence-corrected chi connectivity index (χ0v) is 8.29. The molecule has 13 heavy (non-hydrogen) atoms. The van der Waals surface area contributed by atoms with Crippen molar-refractivity contribution in [1.29, 1.82) is 0 Å². The molecule has 1 amide bonds. The first-order valence-corrected chi connectivity index (χ1v) is 4.04. The fourth-order valence-electron chi connectivity index (χ4n) is 0.656. The predicted octanol–water partition coefficient (Wildman–Crippen LogP) is -0.773. The van der Waals surface area contributed by atoms with Gasteiger partial charge in [-0.1, -0.05) is 0 Å². The molecule has 1 N–H and O–H groups in total. The SMILES string of the molecule is COC(=O)CNC(=O)CCN(C)C. The minimum absolute atomic E-state index is 0.0528. The highest BCUT2D eigenvalue weighted by Crippen LogP contribution is 1.83. The second-order valence-corrected chi connectivity index (χ2v) is 2.91. The minimum Gasteiger partial charge on any atom is -0.468 e. The van der Waals surface area contributed by atoms with Crippen LogP contribution in [-0.2, 0) is 14.3 Å². The second kappa shape index (κ2) is 6.42. The highest BCUT2D eigenvalue weighted by Gasteiger charge is 2.04. The summed E-state index contributed by atoms with van der Waals surface area (Å²) < 4.78 is 4.36. The van der Waals surface area contributed by atoms with Crippen molar-refractivity contribution in [2.75, 3.05) is 34.3 Å². The maximum Gasteiger partial charge on any atom is 0.325 e. The maximum atomic E-state index is 11.0. The van der Waals surface area contributed by atoms with Crippen molar-refractivity contribution in [2.45, 2.75) is 6.42 Å². The van der Waals surface area contributed by atoms with Crippen LogP contribution in [0.3, 0.4) is 0 Å². The summed E-state index contributed by atoms with van der Waals surface area (Å²) >= 11 is 0. The van der Waals surface area contributed by atoms with Crippen LogP contribution in [0.5, 0.6) is 0 Å². The zero-order chi connectivity index (χ0) is 10.3. The quantitative estimate of drug-likeness (QED) is 0.575. The van der Waals surface area contributed by atoms with Crippen LogP contribution in [0.15, 0.2) is 0 Å². The molecule has 5 heteroatoms. The van der Waals surface area contributed by atoms with E-state index in [0.717, 1.165) is 0 Å². The summed E-state index contributed by atoms with van der Waals surface area (Å²) in [6, 6.07) is 0. The Bertz CT molecular complexity index is 180. The van der Waals surface area contributed by atoms with E-state index in [9.17, 15) is 9.59 Å². The largest absolute Gasteiger partial charge is 0.468 e. The number of hydrogen-bond acceptors (Lipinski definition) is 4. The van der Waals surface area contributed by atoms with Crippen LogP contribution in [0.4, 0.5) is 0 Å². The molecule has 0 spiro atoms. The van der Waals surface area contributed by atoms with Crippen molar-refractivity contribution in [3.8, 4) is 0 Å². The van der Waals surface area contributed by atoms with Crippen molar-refractivity contribution < 1.29 is 14.3 Å². The molecule has 0 unspecified atom stereocenters. The van der Waals surface area contributed by atoms with Crippen LogP contribution in [-0.4, -0.2) is 51.1 Å². The first kappa shape index (κ1) is 11.9. The standard InChI is InChI=1S/C8H16N2O3/c1-10(2)5-4-7(11)9-6-8(12)13-3/h4-6H2,1-3H3,(H,9,11). The van der Waals surface area contributed by atoms with Gasteiger partial charge < -0.3 is 15.0 Å². The van der Waals surface area contributed by atoms with E-state index in [1.54, 1.807) is 0 Å². The van der Waals surface area contributed by atoms with Crippen LogP contribution in [0, 0.1) is 0 Å². The third-order valence-corrected chi connectivity index (χ3v) is 1.44. The molecular formula is C8H16N2O3. The molecule has 0 saturated carbocycles. The third-order valence-electron chi connectivity index (χ3n) is 1.44. The van der Waals surface area contributed by atoms with Gasteiger partial charge >= 0.3 is 5.97 Å². The smallest absolute Gasteiger partial charge is 0.325 e. The van der Waals surface area contributed by atoms with Gasteiger partial charge in [0, 0.05) is 13.0 Å². The Hall–Kier alpha value is -1.10. The number of carbonyl (C=O) groups excluding carboxylic acids is 2. The van der Waals surface area contributed by atoms with Crippen molar-refractivity contribution in [2.24, 2.45) is 0 Å². The lowest BCUT2D eigenvalue weighted by atomic mass is 10.4. The summed E-state index contributed by atoms with van der Waals surface area (Å²) in [5, 5.41) is 2.45. The topological polar surface area (TPSA) is 58.6 Å². The highest BCUT2D eigenvalue weighted by atomic mass is 16.5. The van der Waals surface area contributed by atoms with E-state index in [1.165, 1.54) is 7.11 Å². The van der Waals surface area contributed by atoms with E-state index in [0.29, 0.717) is 13.0 Å². The number of ether oxygens (including phenoxy) is 1. The van der Waals surface area contributed by atoms with Crippen LogP contribution < -0.4 is 5.32 Å². The van der Waals surface area contributed by atoms with Gasteiger partial charge in [-0.2, -0.15) is 0 Å². The van der Waals surface area contributed by atoms with Crippen molar-refractivity contribution in [3.63, 3.8) is 0 Å². The van der Waals surface area contributed by atoms with Gasteiger partial charge in [0.15, 0.2) is 0 Å². The molecule has 0 heterocycles. The van der Waals surface area contributed by atoms with Gasteiger partial charge in [-0.3, -0.25) is 9.59 Å². The minimum atomic E-state index is -0.432. The van der Waals surface area contributed by atoms with Gasteiger partial charge in [-0.25, -0.2) is 0 Å². The molecule has 0 bridgehead atoms. The monoisotopic (exact) mass is 188 g/mol. The number of amides is 1. The average molecular weight is 188 g/mol. The second-order valence-electron chi connectivity index (χ2n) is 2.91. The Labute approximate surface area is 78.0 Å². The summed E-state index contributed by atoms with van der Waals surface area (Å²) in [5.41, 5.74) is 0. The van der Waals surface area contributed by atoms with Gasteiger partial charge in [-0.15, -0.1) is 0 Å². The normalized spacial score (nSPS) is 9.85. The fourth-order valence-corrected chi connectivity index (χ4v) is 0.656. The number of nitrogens with one attached hydrogen (secondary N) is 1. The Morgan fingerprint density at radius 3 is 2.46 bits per heavy atom. The molecule has 5 nitrogen and oxygen atoms in total. The summed E-state index contributed by atoms with van der Waals surface area (Å²) in [5.74, 6) is -0.572. The Morgan fingerprint density at radius 1 is 1.38 bits per heavy atom. The molecule has 0 aliphatic rings. The first-order chi connectivity index (χ1) is 6.06. The summed E-state index contributed by atoms with van der Waals surface area (Å²) in [6.07, 6.45) is 0.393. The Kier molecular flexibility index (Phi) is 5.88. The first-order valence-electron chi connectivity index (χ1n) is 4.04. The molecule has 0 aliphatic heterocycles. The molecule has 0 fully saturated rings. The molecule has 0 saturated heterocycles. The summed E-state index contributed by atoms with van der Waals surface area (Å²) in [6.45, 7) is 0.621. The lowest BCUT2D eigenvalue weighted by Gasteiger charge is -2.08. The lowest BCUT2D eigenvalue weighted by molar-refractivity contribution is -0.141. The van der Waals surface area contributed by atoms with E-state index in [2.05, 4.69) is 10.1 Å². The van der Waals surface area contributed by atoms with Crippen LogP contribution in [0.25, 0.3) is 0 Å².